The van der Waals surface area contributed by atoms with E-state index in [2.05, 4.69) is 10.2 Å². The van der Waals surface area contributed by atoms with E-state index in [0.717, 1.165) is 25.6 Å². The van der Waals surface area contributed by atoms with Crippen molar-refractivity contribution in [2.24, 2.45) is 5.92 Å². The van der Waals surface area contributed by atoms with Crippen molar-refractivity contribution in [2.45, 2.75) is 43.2 Å². The first-order chi connectivity index (χ1) is 10.5. The van der Waals surface area contributed by atoms with Gasteiger partial charge in [-0.25, -0.2) is 8.42 Å². The van der Waals surface area contributed by atoms with E-state index < -0.39 is 9.84 Å². The molecule has 0 atom stereocenters. The summed E-state index contributed by atoms with van der Waals surface area (Å²) >= 11 is 0. The van der Waals surface area contributed by atoms with E-state index in [1.807, 2.05) is 12.1 Å². The fourth-order valence-electron chi connectivity index (χ4n) is 3.05. The van der Waals surface area contributed by atoms with Crippen LogP contribution in [0.1, 0.15) is 31.2 Å². The van der Waals surface area contributed by atoms with Crippen LogP contribution in [-0.2, 0) is 16.4 Å². The molecule has 0 unspecified atom stereocenters. The Hall–Kier alpha value is -0.910. The molecule has 1 saturated heterocycles. The number of rotatable bonds is 6. The Kier molecular flexibility index (Phi) is 4.85. The van der Waals surface area contributed by atoms with Crippen LogP contribution in [0.4, 0.5) is 0 Å². The average Bonchev–Trinajstić information content (AvgIpc) is 3.30. The second kappa shape index (κ2) is 6.69. The maximum Gasteiger partial charge on any atom is 0.175 e. The first kappa shape index (κ1) is 16.0. The molecule has 1 aliphatic carbocycles. The van der Waals surface area contributed by atoms with Crippen molar-refractivity contribution in [1.29, 1.82) is 0 Å². The number of sulfone groups is 1. The highest BCUT2D eigenvalue weighted by molar-refractivity contribution is 7.90. The monoisotopic (exact) mass is 322 g/mol. The largest absolute Gasteiger partial charge is 0.314 e. The summed E-state index contributed by atoms with van der Waals surface area (Å²) in [4.78, 5) is 2.87. The van der Waals surface area contributed by atoms with E-state index >= 15 is 0 Å². The molecule has 1 aromatic carbocycles. The second-order valence-electron chi connectivity index (χ2n) is 6.82. The third-order valence-corrected chi connectivity index (χ3v) is 5.87. The zero-order valence-corrected chi connectivity index (χ0v) is 14.1. The SMILES string of the molecule is CS(=O)(=O)c1ccc(CN2CCC(NCC3CC3)CC2)cc1. The predicted octanol–water partition coefficient (Wildman–Crippen LogP) is 2.05. The van der Waals surface area contributed by atoms with Crippen molar-refractivity contribution in [1.82, 2.24) is 10.2 Å². The number of hydrogen-bond acceptors (Lipinski definition) is 4. The Morgan fingerprint density at radius 2 is 1.73 bits per heavy atom. The lowest BCUT2D eigenvalue weighted by Crippen LogP contribution is -2.42. The minimum absolute atomic E-state index is 0.402. The molecule has 0 amide bonds. The molecule has 1 saturated carbocycles. The van der Waals surface area contributed by atoms with Crippen molar-refractivity contribution >= 4 is 9.84 Å². The molecule has 0 radical (unpaired) electrons. The number of piperidine rings is 1. The predicted molar refractivity (Wildman–Crippen MR) is 88.6 cm³/mol. The zero-order chi connectivity index (χ0) is 15.6. The fourth-order valence-corrected chi connectivity index (χ4v) is 3.68. The van der Waals surface area contributed by atoms with E-state index in [1.54, 1.807) is 12.1 Å². The van der Waals surface area contributed by atoms with Gasteiger partial charge in [-0.2, -0.15) is 0 Å². The Bertz CT molecular complexity index is 586. The summed E-state index contributed by atoms with van der Waals surface area (Å²) in [5.41, 5.74) is 1.19. The quantitative estimate of drug-likeness (QED) is 0.871. The van der Waals surface area contributed by atoms with Gasteiger partial charge in [0.1, 0.15) is 0 Å². The molecule has 0 spiro atoms. The molecule has 1 heterocycles. The van der Waals surface area contributed by atoms with E-state index in [1.165, 1.54) is 44.0 Å². The van der Waals surface area contributed by atoms with Crippen LogP contribution in [0.15, 0.2) is 29.2 Å². The lowest BCUT2D eigenvalue weighted by atomic mass is 10.0. The number of nitrogens with one attached hydrogen (secondary N) is 1. The van der Waals surface area contributed by atoms with E-state index in [4.69, 9.17) is 0 Å². The maximum absolute atomic E-state index is 11.5. The van der Waals surface area contributed by atoms with Crippen LogP contribution in [0.3, 0.4) is 0 Å². The maximum atomic E-state index is 11.5. The number of likely N-dealkylation sites (tertiary alicyclic amines) is 1. The van der Waals surface area contributed by atoms with Crippen molar-refractivity contribution in [3.8, 4) is 0 Å². The molecule has 0 aromatic heterocycles. The summed E-state index contributed by atoms with van der Waals surface area (Å²) in [6.45, 7) is 4.36. The summed E-state index contributed by atoms with van der Waals surface area (Å²) in [5.74, 6) is 0.950. The van der Waals surface area contributed by atoms with Crippen molar-refractivity contribution in [2.75, 3.05) is 25.9 Å². The molecular weight excluding hydrogens is 296 g/mol. The molecule has 2 fully saturated rings. The van der Waals surface area contributed by atoms with Gasteiger partial charge in [0, 0.05) is 18.8 Å². The van der Waals surface area contributed by atoms with E-state index in [-0.39, 0.29) is 0 Å². The summed E-state index contributed by atoms with van der Waals surface area (Å²) in [6.07, 6.45) is 6.51. The highest BCUT2D eigenvalue weighted by Crippen LogP contribution is 2.28. The molecule has 1 aromatic rings. The topological polar surface area (TPSA) is 49.4 Å². The van der Waals surface area contributed by atoms with E-state index in [0.29, 0.717) is 10.9 Å². The van der Waals surface area contributed by atoms with Gasteiger partial charge in [-0.3, -0.25) is 4.90 Å². The molecule has 22 heavy (non-hydrogen) atoms. The lowest BCUT2D eigenvalue weighted by molar-refractivity contribution is 0.190. The number of benzene rings is 1. The van der Waals surface area contributed by atoms with Gasteiger partial charge in [-0.1, -0.05) is 12.1 Å². The third kappa shape index (κ3) is 4.54. The van der Waals surface area contributed by atoms with Gasteiger partial charge in [0.05, 0.1) is 4.90 Å². The molecule has 1 N–H and O–H groups in total. The smallest absolute Gasteiger partial charge is 0.175 e. The first-order valence-electron chi connectivity index (χ1n) is 8.25. The number of nitrogens with zero attached hydrogens (tertiary/aromatic N) is 1. The minimum Gasteiger partial charge on any atom is -0.314 e. The fraction of sp³-hybridized carbons (Fsp3) is 0.647. The minimum atomic E-state index is -3.09. The Labute approximate surface area is 133 Å². The summed E-state index contributed by atoms with van der Waals surface area (Å²) in [7, 11) is -3.09. The normalized spacial score (nSPS) is 21.1. The molecule has 0 bridgehead atoms. The molecule has 122 valence electrons. The van der Waals surface area contributed by atoms with Crippen molar-refractivity contribution in [3.63, 3.8) is 0 Å². The van der Waals surface area contributed by atoms with Gasteiger partial charge in [0.25, 0.3) is 0 Å². The van der Waals surface area contributed by atoms with Crippen LogP contribution in [0, 0.1) is 5.92 Å². The summed E-state index contributed by atoms with van der Waals surface area (Å²) in [5, 5.41) is 3.70. The van der Waals surface area contributed by atoms with Gasteiger partial charge in [-0.15, -0.1) is 0 Å². The number of hydrogen-bond donors (Lipinski definition) is 1. The van der Waals surface area contributed by atoms with Gasteiger partial charge in [-0.05, 0) is 68.9 Å². The Morgan fingerprint density at radius 3 is 2.27 bits per heavy atom. The summed E-state index contributed by atoms with van der Waals surface area (Å²) in [6, 6.07) is 8.00. The van der Waals surface area contributed by atoms with Crippen LogP contribution in [-0.4, -0.2) is 45.2 Å². The van der Waals surface area contributed by atoms with E-state index in [9.17, 15) is 8.42 Å². The molecule has 5 heteroatoms. The standard InChI is InChI=1S/C17H26N2O2S/c1-22(20,21)17-6-4-15(5-7-17)13-19-10-8-16(9-11-19)18-12-14-2-3-14/h4-7,14,16,18H,2-3,8-13H2,1H3. The van der Waals surface area contributed by atoms with Gasteiger partial charge < -0.3 is 5.32 Å². The van der Waals surface area contributed by atoms with Crippen molar-refractivity contribution in [3.05, 3.63) is 29.8 Å². The Balaban J connectivity index is 1.45. The highest BCUT2D eigenvalue weighted by Gasteiger charge is 2.24. The molecule has 4 nitrogen and oxygen atoms in total. The van der Waals surface area contributed by atoms with Crippen LogP contribution >= 0.6 is 0 Å². The second-order valence-corrected chi connectivity index (χ2v) is 8.83. The lowest BCUT2D eigenvalue weighted by Gasteiger charge is -2.32. The van der Waals surface area contributed by atoms with Crippen LogP contribution in [0.2, 0.25) is 0 Å². The van der Waals surface area contributed by atoms with Crippen LogP contribution < -0.4 is 5.32 Å². The zero-order valence-electron chi connectivity index (χ0n) is 13.3. The molecule has 3 rings (SSSR count). The Morgan fingerprint density at radius 1 is 1.09 bits per heavy atom. The van der Waals surface area contributed by atoms with Gasteiger partial charge >= 0.3 is 0 Å². The van der Waals surface area contributed by atoms with Crippen LogP contribution in [0.25, 0.3) is 0 Å². The third-order valence-electron chi connectivity index (χ3n) is 4.74. The summed E-state index contributed by atoms with van der Waals surface area (Å²) < 4.78 is 22.9. The van der Waals surface area contributed by atoms with Crippen molar-refractivity contribution < 1.29 is 8.42 Å². The average molecular weight is 322 g/mol. The van der Waals surface area contributed by atoms with Gasteiger partial charge in [0.15, 0.2) is 9.84 Å². The van der Waals surface area contributed by atoms with Gasteiger partial charge in [0.2, 0.25) is 0 Å². The molecule has 1 aliphatic heterocycles. The molecular formula is C17H26N2O2S. The molecule has 2 aliphatic rings. The highest BCUT2D eigenvalue weighted by atomic mass is 32.2. The van der Waals surface area contributed by atoms with Crippen LogP contribution in [0.5, 0.6) is 0 Å². The first-order valence-corrected chi connectivity index (χ1v) is 10.1.